The summed E-state index contributed by atoms with van der Waals surface area (Å²) in [7, 11) is 0. The molecule has 5 heteroatoms. The lowest BCUT2D eigenvalue weighted by molar-refractivity contribution is -0.130. The van der Waals surface area contributed by atoms with Crippen LogP contribution >= 0.6 is 0 Å². The summed E-state index contributed by atoms with van der Waals surface area (Å²) in [6.07, 6.45) is 6.10. The third-order valence-electron chi connectivity index (χ3n) is 4.12. The van der Waals surface area contributed by atoms with Gasteiger partial charge in [-0.1, -0.05) is 19.8 Å². The Morgan fingerprint density at radius 3 is 2.32 bits per heavy atom. The number of nitrogens with zero attached hydrogens (tertiary/aromatic N) is 2. The molecule has 108 valence electrons. The highest BCUT2D eigenvalue weighted by Crippen LogP contribution is 2.18. The molecular weight excluding hydrogens is 242 g/mol. The van der Waals surface area contributed by atoms with E-state index in [1.807, 2.05) is 16.7 Å². The topological polar surface area (TPSA) is 52.7 Å². The molecule has 1 N–H and O–H groups in total. The third-order valence-corrected chi connectivity index (χ3v) is 4.12. The van der Waals surface area contributed by atoms with Crippen LogP contribution in [-0.2, 0) is 4.79 Å². The number of urea groups is 1. The SMILES string of the molecule is CCC(=O)N1CCCN(C(=O)NC2CCCC2)CC1. The largest absolute Gasteiger partial charge is 0.341 e. The summed E-state index contributed by atoms with van der Waals surface area (Å²) in [6.45, 7) is 4.75. The van der Waals surface area contributed by atoms with Crippen molar-refractivity contribution >= 4 is 11.9 Å². The van der Waals surface area contributed by atoms with E-state index in [0.29, 0.717) is 25.6 Å². The highest BCUT2D eigenvalue weighted by molar-refractivity contribution is 5.77. The van der Waals surface area contributed by atoms with Gasteiger partial charge in [-0.3, -0.25) is 4.79 Å². The Hall–Kier alpha value is -1.26. The molecule has 1 saturated heterocycles. The van der Waals surface area contributed by atoms with Crippen molar-refractivity contribution in [3.63, 3.8) is 0 Å². The number of carbonyl (C=O) groups excluding carboxylic acids is 2. The lowest BCUT2D eigenvalue weighted by atomic mass is 10.2. The van der Waals surface area contributed by atoms with E-state index in [4.69, 9.17) is 0 Å². The number of hydrogen-bond acceptors (Lipinski definition) is 2. The first-order valence-electron chi connectivity index (χ1n) is 7.54. The smallest absolute Gasteiger partial charge is 0.317 e. The number of nitrogens with one attached hydrogen (secondary N) is 1. The van der Waals surface area contributed by atoms with Crippen molar-refractivity contribution in [2.45, 2.75) is 51.5 Å². The average molecular weight is 267 g/mol. The molecule has 2 rings (SSSR count). The molecule has 5 nitrogen and oxygen atoms in total. The number of carbonyl (C=O) groups is 2. The third kappa shape index (κ3) is 3.85. The summed E-state index contributed by atoms with van der Waals surface area (Å²) in [5, 5.41) is 3.12. The average Bonchev–Trinajstić information content (AvgIpc) is 2.79. The van der Waals surface area contributed by atoms with E-state index in [2.05, 4.69) is 5.32 Å². The summed E-state index contributed by atoms with van der Waals surface area (Å²) in [6, 6.07) is 0.418. The van der Waals surface area contributed by atoms with Gasteiger partial charge >= 0.3 is 6.03 Å². The van der Waals surface area contributed by atoms with E-state index in [1.165, 1.54) is 12.8 Å². The van der Waals surface area contributed by atoms with Gasteiger partial charge in [0.1, 0.15) is 0 Å². The Bertz CT molecular complexity index is 327. The van der Waals surface area contributed by atoms with Crippen molar-refractivity contribution in [2.75, 3.05) is 26.2 Å². The minimum absolute atomic E-state index is 0.0534. The van der Waals surface area contributed by atoms with E-state index >= 15 is 0 Å². The monoisotopic (exact) mass is 267 g/mol. The summed E-state index contributed by atoms with van der Waals surface area (Å²) in [4.78, 5) is 27.6. The molecule has 0 unspecified atom stereocenters. The van der Waals surface area contributed by atoms with Crippen LogP contribution in [0.2, 0.25) is 0 Å². The van der Waals surface area contributed by atoms with Crippen LogP contribution in [0.25, 0.3) is 0 Å². The Kier molecular flexibility index (Phi) is 5.05. The molecule has 0 aromatic heterocycles. The van der Waals surface area contributed by atoms with Crippen molar-refractivity contribution in [3.8, 4) is 0 Å². The molecule has 1 aliphatic carbocycles. The number of hydrogen-bond donors (Lipinski definition) is 1. The maximum absolute atomic E-state index is 12.2. The number of rotatable bonds is 2. The molecule has 1 heterocycles. The molecule has 0 spiro atoms. The molecule has 0 atom stereocenters. The van der Waals surface area contributed by atoms with Crippen LogP contribution in [-0.4, -0.2) is 54.0 Å². The zero-order valence-electron chi connectivity index (χ0n) is 11.9. The molecule has 19 heavy (non-hydrogen) atoms. The fourth-order valence-corrected chi connectivity index (χ4v) is 2.93. The van der Waals surface area contributed by atoms with Gasteiger partial charge in [0.2, 0.25) is 5.91 Å². The molecule has 0 radical (unpaired) electrons. The fraction of sp³-hybridized carbons (Fsp3) is 0.857. The van der Waals surface area contributed by atoms with Crippen molar-refractivity contribution < 1.29 is 9.59 Å². The lowest BCUT2D eigenvalue weighted by Gasteiger charge is -2.24. The second-order valence-corrected chi connectivity index (χ2v) is 5.51. The van der Waals surface area contributed by atoms with Crippen LogP contribution in [0.1, 0.15) is 45.4 Å². The Labute approximate surface area is 115 Å². The predicted octanol–water partition coefficient (Wildman–Crippen LogP) is 1.58. The van der Waals surface area contributed by atoms with E-state index in [1.54, 1.807) is 0 Å². The second kappa shape index (κ2) is 6.78. The minimum Gasteiger partial charge on any atom is -0.341 e. The molecule has 2 fully saturated rings. The molecule has 1 saturated carbocycles. The van der Waals surface area contributed by atoms with E-state index in [9.17, 15) is 9.59 Å². The van der Waals surface area contributed by atoms with E-state index < -0.39 is 0 Å². The maximum atomic E-state index is 12.2. The van der Waals surface area contributed by atoms with Crippen molar-refractivity contribution in [1.82, 2.24) is 15.1 Å². The van der Waals surface area contributed by atoms with Crippen LogP contribution in [0.3, 0.4) is 0 Å². The van der Waals surface area contributed by atoms with Crippen molar-refractivity contribution in [3.05, 3.63) is 0 Å². The quantitative estimate of drug-likeness (QED) is 0.826. The Morgan fingerprint density at radius 1 is 1.00 bits per heavy atom. The first-order chi connectivity index (χ1) is 9.20. The maximum Gasteiger partial charge on any atom is 0.317 e. The van der Waals surface area contributed by atoms with Gasteiger partial charge in [-0.2, -0.15) is 0 Å². The highest BCUT2D eigenvalue weighted by atomic mass is 16.2. The molecule has 1 aliphatic heterocycles. The predicted molar refractivity (Wildman–Crippen MR) is 73.8 cm³/mol. The van der Waals surface area contributed by atoms with Crippen LogP contribution in [0.5, 0.6) is 0 Å². The highest BCUT2D eigenvalue weighted by Gasteiger charge is 2.24. The fourth-order valence-electron chi connectivity index (χ4n) is 2.93. The van der Waals surface area contributed by atoms with Gasteiger partial charge in [-0.25, -0.2) is 4.79 Å². The van der Waals surface area contributed by atoms with E-state index in [0.717, 1.165) is 32.4 Å². The minimum atomic E-state index is 0.0534. The zero-order chi connectivity index (χ0) is 13.7. The van der Waals surface area contributed by atoms with Crippen LogP contribution in [0.4, 0.5) is 4.79 Å². The summed E-state index contributed by atoms with van der Waals surface area (Å²) >= 11 is 0. The van der Waals surface area contributed by atoms with Crippen molar-refractivity contribution in [1.29, 1.82) is 0 Å². The molecule has 3 amide bonds. The Balaban J connectivity index is 1.81. The lowest BCUT2D eigenvalue weighted by Crippen LogP contribution is -2.45. The van der Waals surface area contributed by atoms with Gasteiger partial charge in [0.15, 0.2) is 0 Å². The van der Waals surface area contributed by atoms with E-state index in [-0.39, 0.29) is 11.9 Å². The number of amides is 3. The van der Waals surface area contributed by atoms with Crippen LogP contribution in [0.15, 0.2) is 0 Å². The van der Waals surface area contributed by atoms with Gasteiger partial charge in [-0.05, 0) is 19.3 Å². The Morgan fingerprint density at radius 2 is 1.63 bits per heavy atom. The van der Waals surface area contributed by atoms with Gasteiger partial charge in [0.25, 0.3) is 0 Å². The second-order valence-electron chi connectivity index (χ2n) is 5.51. The summed E-state index contributed by atoms with van der Waals surface area (Å²) in [5.41, 5.74) is 0. The van der Waals surface area contributed by atoms with Crippen LogP contribution in [0, 0.1) is 0 Å². The standard InChI is InChI=1S/C14H25N3O2/c1-2-13(18)16-8-5-9-17(11-10-16)14(19)15-12-6-3-4-7-12/h12H,2-11H2,1H3,(H,15,19). The molecule has 0 aromatic carbocycles. The summed E-state index contributed by atoms with van der Waals surface area (Å²) in [5.74, 6) is 0.193. The van der Waals surface area contributed by atoms with Gasteiger partial charge in [-0.15, -0.1) is 0 Å². The molecular formula is C14H25N3O2. The molecule has 0 bridgehead atoms. The van der Waals surface area contributed by atoms with Gasteiger partial charge in [0.05, 0.1) is 0 Å². The summed E-state index contributed by atoms with van der Waals surface area (Å²) < 4.78 is 0. The van der Waals surface area contributed by atoms with Gasteiger partial charge < -0.3 is 15.1 Å². The first-order valence-corrected chi connectivity index (χ1v) is 7.54. The normalized spacial score (nSPS) is 21.3. The van der Waals surface area contributed by atoms with Crippen molar-refractivity contribution in [2.24, 2.45) is 0 Å². The van der Waals surface area contributed by atoms with Gasteiger partial charge in [0, 0.05) is 38.6 Å². The molecule has 0 aromatic rings. The van der Waals surface area contributed by atoms with Crippen LogP contribution < -0.4 is 5.32 Å². The zero-order valence-corrected chi connectivity index (χ0v) is 11.9. The first kappa shape index (κ1) is 14.2. The molecule has 2 aliphatic rings.